The molecule has 2 aromatic rings. The lowest BCUT2D eigenvalue weighted by Gasteiger charge is -2.09. The predicted molar refractivity (Wildman–Crippen MR) is 84.7 cm³/mol. The van der Waals surface area contributed by atoms with Gasteiger partial charge in [0.1, 0.15) is 18.2 Å². The maximum atomic E-state index is 12.8. The largest absolute Gasteiger partial charge is 0.492 e. The van der Waals surface area contributed by atoms with Crippen LogP contribution in [0.5, 0.6) is 17.2 Å². The van der Waals surface area contributed by atoms with Crippen LogP contribution in [0.1, 0.15) is 5.56 Å². The number of hydrogen-bond acceptors (Lipinski definition) is 4. The fourth-order valence-electron chi connectivity index (χ4n) is 2.15. The van der Waals surface area contributed by atoms with Crippen molar-refractivity contribution in [2.75, 3.05) is 19.9 Å². The summed E-state index contributed by atoms with van der Waals surface area (Å²) in [6.07, 6.45) is 0. The summed E-state index contributed by atoms with van der Waals surface area (Å²) in [5.41, 5.74) is 0.822. The van der Waals surface area contributed by atoms with Crippen LogP contribution in [0.4, 0.5) is 9.18 Å². The summed E-state index contributed by atoms with van der Waals surface area (Å²) < 4.78 is 28.8. The van der Waals surface area contributed by atoms with Crippen molar-refractivity contribution in [1.82, 2.24) is 10.6 Å². The van der Waals surface area contributed by atoms with Gasteiger partial charge in [-0.25, -0.2) is 9.18 Å². The molecule has 0 saturated carbocycles. The van der Waals surface area contributed by atoms with E-state index < -0.39 is 0 Å². The Hall–Kier alpha value is -2.96. The molecule has 0 atom stereocenters. The van der Waals surface area contributed by atoms with Gasteiger partial charge in [0.05, 0.1) is 6.54 Å². The van der Waals surface area contributed by atoms with Crippen LogP contribution in [0.15, 0.2) is 42.5 Å². The minimum Gasteiger partial charge on any atom is -0.492 e. The number of nitrogens with one attached hydrogen (secondary N) is 2. The highest BCUT2D eigenvalue weighted by atomic mass is 19.1. The van der Waals surface area contributed by atoms with Gasteiger partial charge in [0, 0.05) is 12.6 Å². The first-order valence-corrected chi connectivity index (χ1v) is 7.49. The van der Waals surface area contributed by atoms with Crippen LogP contribution in [-0.2, 0) is 6.54 Å². The van der Waals surface area contributed by atoms with Gasteiger partial charge in [0.2, 0.25) is 6.79 Å². The number of halogens is 1. The molecule has 0 aliphatic carbocycles. The topological polar surface area (TPSA) is 68.8 Å². The standard InChI is InChI=1S/C17H17FN2O4/c18-13-3-1-12(2-4-13)10-20-17(21)19-7-8-22-14-5-6-15-16(9-14)24-11-23-15/h1-6,9H,7-8,10-11H2,(H2,19,20,21). The lowest BCUT2D eigenvalue weighted by molar-refractivity contribution is 0.173. The van der Waals surface area contributed by atoms with Crippen LogP contribution >= 0.6 is 0 Å². The molecule has 0 aromatic heterocycles. The van der Waals surface area contributed by atoms with Crippen molar-refractivity contribution in [3.63, 3.8) is 0 Å². The van der Waals surface area contributed by atoms with Crippen molar-refractivity contribution in [3.8, 4) is 17.2 Å². The molecule has 0 unspecified atom stereocenters. The van der Waals surface area contributed by atoms with Crippen molar-refractivity contribution in [3.05, 3.63) is 53.8 Å². The van der Waals surface area contributed by atoms with Crippen LogP contribution in [0, 0.1) is 5.82 Å². The zero-order valence-electron chi connectivity index (χ0n) is 12.9. The van der Waals surface area contributed by atoms with Gasteiger partial charge in [-0.1, -0.05) is 12.1 Å². The summed E-state index contributed by atoms with van der Waals surface area (Å²) in [6, 6.07) is 11.0. The van der Waals surface area contributed by atoms with E-state index >= 15 is 0 Å². The van der Waals surface area contributed by atoms with Gasteiger partial charge in [0.25, 0.3) is 0 Å². The van der Waals surface area contributed by atoms with E-state index in [-0.39, 0.29) is 18.6 Å². The molecule has 6 nitrogen and oxygen atoms in total. The predicted octanol–water partition coefficient (Wildman–Crippen LogP) is 2.43. The molecule has 2 amide bonds. The Morgan fingerprint density at radius 3 is 2.71 bits per heavy atom. The lowest BCUT2D eigenvalue weighted by Crippen LogP contribution is -2.37. The summed E-state index contributed by atoms with van der Waals surface area (Å²) in [5.74, 6) is 1.69. The summed E-state index contributed by atoms with van der Waals surface area (Å²) in [7, 11) is 0. The molecule has 0 saturated heterocycles. The average Bonchev–Trinajstić information content (AvgIpc) is 3.06. The normalized spacial score (nSPS) is 11.9. The molecule has 24 heavy (non-hydrogen) atoms. The fourth-order valence-corrected chi connectivity index (χ4v) is 2.15. The SMILES string of the molecule is O=C(NCCOc1ccc2c(c1)OCO2)NCc1ccc(F)cc1. The Morgan fingerprint density at radius 2 is 1.88 bits per heavy atom. The molecular formula is C17H17FN2O4. The molecule has 0 radical (unpaired) electrons. The third kappa shape index (κ3) is 4.28. The van der Waals surface area contributed by atoms with E-state index in [9.17, 15) is 9.18 Å². The van der Waals surface area contributed by atoms with Crippen molar-refractivity contribution in [2.24, 2.45) is 0 Å². The highest BCUT2D eigenvalue weighted by Crippen LogP contribution is 2.34. The first kappa shape index (κ1) is 15.9. The Kier molecular flexibility index (Phi) is 5.00. The average molecular weight is 332 g/mol. The second-order valence-corrected chi connectivity index (χ2v) is 5.10. The summed E-state index contributed by atoms with van der Waals surface area (Å²) in [6.45, 7) is 1.22. The van der Waals surface area contributed by atoms with Crippen molar-refractivity contribution in [2.45, 2.75) is 6.54 Å². The number of amides is 2. The third-order valence-electron chi connectivity index (χ3n) is 3.37. The monoisotopic (exact) mass is 332 g/mol. The summed E-state index contributed by atoms with van der Waals surface area (Å²) in [4.78, 5) is 11.7. The lowest BCUT2D eigenvalue weighted by atomic mass is 10.2. The van der Waals surface area contributed by atoms with E-state index in [1.54, 1.807) is 30.3 Å². The molecule has 0 bridgehead atoms. The highest BCUT2D eigenvalue weighted by molar-refractivity contribution is 5.73. The van der Waals surface area contributed by atoms with Crippen LogP contribution in [0.3, 0.4) is 0 Å². The molecule has 1 aliphatic heterocycles. The van der Waals surface area contributed by atoms with Crippen molar-refractivity contribution < 1.29 is 23.4 Å². The minimum absolute atomic E-state index is 0.217. The summed E-state index contributed by atoms with van der Waals surface area (Å²) in [5, 5.41) is 5.37. The van der Waals surface area contributed by atoms with Crippen LogP contribution in [0.2, 0.25) is 0 Å². The number of fused-ring (bicyclic) bond motifs is 1. The molecule has 126 valence electrons. The number of ether oxygens (including phenoxy) is 3. The first-order chi connectivity index (χ1) is 11.7. The number of carbonyl (C=O) groups is 1. The van der Waals surface area contributed by atoms with Gasteiger partial charge < -0.3 is 24.8 Å². The minimum atomic E-state index is -0.311. The molecule has 0 fully saturated rings. The second-order valence-electron chi connectivity index (χ2n) is 5.10. The van der Waals surface area contributed by atoms with Crippen LogP contribution in [-0.4, -0.2) is 26.0 Å². The van der Waals surface area contributed by atoms with Gasteiger partial charge in [-0.15, -0.1) is 0 Å². The molecular weight excluding hydrogens is 315 g/mol. The van der Waals surface area contributed by atoms with Gasteiger partial charge in [-0.3, -0.25) is 0 Å². The quantitative estimate of drug-likeness (QED) is 0.797. The van der Waals surface area contributed by atoms with E-state index in [4.69, 9.17) is 14.2 Å². The number of hydrogen-bond donors (Lipinski definition) is 2. The first-order valence-electron chi connectivity index (χ1n) is 7.49. The molecule has 7 heteroatoms. The fraction of sp³-hybridized carbons (Fsp3) is 0.235. The molecule has 2 N–H and O–H groups in total. The Balaban J connectivity index is 1.34. The Bertz CT molecular complexity index is 706. The Morgan fingerprint density at radius 1 is 1.08 bits per heavy atom. The van der Waals surface area contributed by atoms with E-state index in [1.807, 2.05) is 0 Å². The number of benzene rings is 2. The maximum Gasteiger partial charge on any atom is 0.315 e. The van der Waals surface area contributed by atoms with E-state index in [0.29, 0.717) is 36.9 Å². The Labute approximate surface area is 138 Å². The maximum absolute atomic E-state index is 12.8. The van der Waals surface area contributed by atoms with E-state index in [0.717, 1.165) is 5.56 Å². The van der Waals surface area contributed by atoms with Gasteiger partial charge in [-0.05, 0) is 29.8 Å². The van der Waals surface area contributed by atoms with Crippen molar-refractivity contribution >= 4 is 6.03 Å². The van der Waals surface area contributed by atoms with E-state index in [1.165, 1.54) is 12.1 Å². The number of carbonyl (C=O) groups excluding carboxylic acids is 1. The number of rotatable bonds is 6. The van der Waals surface area contributed by atoms with Gasteiger partial charge >= 0.3 is 6.03 Å². The highest BCUT2D eigenvalue weighted by Gasteiger charge is 2.13. The molecule has 3 rings (SSSR count). The molecule has 0 spiro atoms. The second kappa shape index (κ2) is 7.54. The van der Waals surface area contributed by atoms with Crippen LogP contribution < -0.4 is 24.8 Å². The smallest absolute Gasteiger partial charge is 0.315 e. The van der Waals surface area contributed by atoms with E-state index in [2.05, 4.69) is 10.6 Å². The van der Waals surface area contributed by atoms with Crippen molar-refractivity contribution in [1.29, 1.82) is 0 Å². The van der Waals surface area contributed by atoms with Gasteiger partial charge in [0.15, 0.2) is 11.5 Å². The van der Waals surface area contributed by atoms with Gasteiger partial charge in [-0.2, -0.15) is 0 Å². The number of urea groups is 1. The zero-order valence-corrected chi connectivity index (χ0v) is 12.9. The third-order valence-corrected chi connectivity index (χ3v) is 3.37. The van der Waals surface area contributed by atoms with Crippen LogP contribution in [0.25, 0.3) is 0 Å². The molecule has 1 heterocycles. The molecule has 1 aliphatic rings. The zero-order chi connectivity index (χ0) is 16.8. The molecule has 2 aromatic carbocycles. The summed E-state index contributed by atoms with van der Waals surface area (Å²) >= 11 is 0.